The number of ether oxygens (including phenoxy) is 4. The van der Waals surface area contributed by atoms with Crippen LogP contribution < -0.4 is 8.92 Å². The van der Waals surface area contributed by atoms with Crippen molar-refractivity contribution in [2.45, 2.75) is 66.0 Å². The molecule has 302 valence electrons. The van der Waals surface area contributed by atoms with Crippen LogP contribution in [0.2, 0.25) is 0 Å². The highest BCUT2D eigenvalue weighted by Crippen LogP contribution is 2.37. The molecule has 1 aromatic heterocycles. The number of carbonyl (C=O) groups excluding carboxylic acids is 1. The highest BCUT2D eigenvalue weighted by Gasteiger charge is 2.33. The lowest BCUT2D eigenvalue weighted by atomic mass is 9.84. The molecule has 6 aromatic rings. The van der Waals surface area contributed by atoms with E-state index in [1.165, 1.54) is 4.31 Å². The number of aryl methyl sites for hydroxylation is 2. The predicted molar refractivity (Wildman–Crippen MR) is 219 cm³/mol. The van der Waals surface area contributed by atoms with Crippen LogP contribution in [0.4, 0.5) is 0 Å². The molecule has 13 heteroatoms. The summed E-state index contributed by atoms with van der Waals surface area (Å²) < 4.78 is 58.6. The number of hydrogen-bond acceptors (Lipinski definition) is 10. The Morgan fingerprint density at radius 3 is 2.34 bits per heavy atom. The first kappa shape index (κ1) is 40.6. The van der Waals surface area contributed by atoms with Gasteiger partial charge in [-0.25, -0.2) is 4.68 Å². The Morgan fingerprint density at radius 1 is 0.845 bits per heavy atom. The van der Waals surface area contributed by atoms with Gasteiger partial charge in [-0.15, -0.1) is 5.10 Å². The first-order valence-corrected chi connectivity index (χ1v) is 20.8. The van der Waals surface area contributed by atoms with Crippen molar-refractivity contribution >= 4 is 27.3 Å². The van der Waals surface area contributed by atoms with Crippen LogP contribution in [0.3, 0.4) is 0 Å². The summed E-state index contributed by atoms with van der Waals surface area (Å²) >= 11 is 0. The maximum Gasteiger partial charge on any atom is 0.385 e. The third-order valence-corrected chi connectivity index (χ3v) is 11.5. The van der Waals surface area contributed by atoms with E-state index >= 15 is 0 Å². The number of aromatic nitrogens is 3. The van der Waals surface area contributed by atoms with Crippen molar-refractivity contribution in [1.82, 2.24) is 19.3 Å². The van der Waals surface area contributed by atoms with Crippen LogP contribution in [0.5, 0.6) is 11.5 Å². The average Bonchev–Trinajstić information content (AvgIpc) is 3.64. The summed E-state index contributed by atoms with van der Waals surface area (Å²) in [5, 5.41) is 8.95. The Morgan fingerprint density at radius 2 is 1.59 bits per heavy atom. The molecule has 0 saturated heterocycles. The van der Waals surface area contributed by atoms with Crippen LogP contribution in [0.15, 0.2) is 109 Å². The molecule has 0 saturated carbocycles. The van der Waals surface area contributed by atoms with E-state index in [0.717, 1.165) is 50.0 Å². The number of esters is 1. The molecule has 1 aliphatic heterocycles. The fourth-order valence-corrected chi connectivity index (χ4v) is 8.17. The molecule has 0 spiro atoms. The van der Waals surface area contributed by atoms with Crippen LogP contribution in [0.25, 0.3) is 11.0 Å². The molecule has 7 rings (SSSR count). The Bertz CT molecular complexity index is 2440. The van der Waals surface area contributed by atoms with Gasteiger partial charge in [0, 0.05) is 24.6 Å². The third-order valence-electron chi connectivity index (χ3n) is 10.2. The number of hydrogen-bond donors (Lipinski definition) is 0. The van der Waals surface area contributed by atoms with E-state index in [-0.39, 0.29) is 37.8 Å². The van der Waals surface area contributed by atoms with Crippen molar-refractivity contribution < 1.29 is 36.3 Å². The quantitative estimate of drug-likeness (QED) is 0.0633. The number of fused-ring (bicyclic) bond motifs is 2. The third kappa shape index (κ3) is 9.91. The minimum absolute atomic E-state index is 0.0657. The van der Waals surface area contributed by atoms with Gasteiger partial charge in [-0.1, -0.05) is 90.1 Å². The zero-order valence-electron chi connectivity index (χ0n) is 33.0. The number of rotatable bonds is 18. The Labute approximate surface area is 339 Å². The molecule has 0 radical (unpaired) electrons. The van der Waals surface area contributed by atoms with Gasteiger partial charge < -0.3 is 23.1 Å². The van der Waals surface area contributed by atoms with E-state index in [2.05, 4.69) is 10.3 Å². The molecule has 5 aromatic carbocycles. The SMILES string of the molecule is CCOC(=O)CC(c1ccc(C)c(CN2Cc3cc(OCc4ccccc4)ccc3OS2(=O)=O)c1)c1ccc2c(nnn2CCOCCOCc2ccccc2)c1C. The second-order valence-electron chi connectivity index (χ2n) is 14.2. The number of carbonyl (C=O) groups is 1. The molecule has 58 heavy (non-hydrogen) atoms. The van der Waals surface area contributed by atoms with E-state index in [1.54, 1.807) is 19.1 Å². The molecular weight excluding hydrogens is 757 g/mol. The fourth-order valence-electron chi connectivity index (χ4n) is 7.08. The van der Waals surface area contributed by atoms with Gasteiger partial charge >= 0.3 is 16.3 Å². The van der Waals surface area contributed by atoms with Crippen molar-refractivity contribution in [2.75, 3.05) is 26.4 Å². The monoisotopic (exact) mass is 804 g/mol. The van der Waals surface area contributed by atoms with Crippen molar-refractivity contribution in [3.8, 4) is 11.5 Å². The lowest BCUT2D eigenvalue weighted by Gasteiger charge is -2.29. The van der Waals surface area contributed by atoms with Crippen molar-refractivity contribution in [1.29, 1.82) is 0 Å². The van der Waals surface area contributed by atoms with Gasteiger partial charge in [0.05, 0.1) is 51.5 Å². The maximum atomic E-state index is 13.4. The lowest BCUT2D eigenvalue weighted by Crippen LogP contribution is -2.37. The molecule has 0 N–H and O–H groups in total. The standard InChI is InChI=1S/C45H48N4O8S/c1-4-55-44(50)27-41(40-18-19-42-45(33(40)3)46-47-49(42)21-22-53-23-24-54-30-34-11-7-5-8-12-34)36-16-15-32(2)37(25-36)28-48-29-38-26-39(17-20-43(38)57-58(48,51)52)56-31-35-13-9-6-10-14-35/h5-20,25-26,41H,4,21-24,27-31H2,1-3H3. The first-order chi connectivity index (χ1) is 28.2. The van der Waals surface area contributed by atoms with Gasteiger partial charge in [-0.05, 0) is 84.0 Å². The molecular formula is C45H48N4O8S. The minimum atomic E-state index is -4.10. The van der Waals surface area contributed by atoms with Crippen molar-refractivity contribution in [3.63, 3.8) is 0 Å². The van der Waals surface area contributed by atoms with E-state index in [0.29, 0.717) is 50.9 Å². The maximum absolute atomic E-state index is 13.4. The largest absolute Gasteiger partial charge is 0.489 e. The van der Waals surface area contributed by atoms with E-state index in [9.17, 15) is 13.2 Å². The molecule has 2 heterocycles. The van der Waals surface area contributed by atoms with Gasteiger partial charge in [-0.2, -0.15) is 12.7 Å². The van der Waals surface area contributed by atoms with Crippen molar-refractivity contribution in [3.05, 3.63) is 154 Å². The number of nitrogens with zero attached hydrogens (tertiary/aromatic N) is 4. The minimum Gasteiger partial charge on any atom is -0.489 e. The Kier molecular flexibility index (Phi) is 13.1. The van der Waals surface area contributed by atoms with Crippen LogP contribution in [-0.2, 0) is 62.2 Å². The summed E-state index contributed by atoms with van der Waals surface area (Å²) in [6.45, 7) is 8.96. The van der Waals surface area contributed by atoms with Crippen LogP contribution >= 0.6 is 0 Å². The fraction of sp³-hybridized carbons (Fsp3) is 0.311. The normalized spacial score (nSPS) is 14.1. The Hall–Kier alpha value is -5.60. The van der Waals surface area contributed by atoms with Crippen LogP contribution in [0.1, 0.15) is 63.8 Å². The topological polar surface area (TPSA) is 131 Å². The van der Waals surface area contributed by atoms with Crippen LogP contribution in [-0.4, -0.2) is 60.1 Å². The summed E-state index contributed by atoms with van der Waals surface area (Å²) in [6, 6.07) is 34.9. The summed E-state index contributed by atoms with van der Waals surface area (Å²) in [5.41, 5.74) is 8.76. The van der Waals surface area contributed by atoms with E-state index < -0.39 is 16.2 Å². The van der Waals surface area contributed by atoms with Gasteiger partial charge in [0.2, 0.25) is 0 Å². The average molecular weight is 805 g/mol. The number of benzene rings is 5. The zero-order valence-corrected chi connectivity index (χ0v) is 33.8. The molecule has 1 aliphatic rings. The first-order valence-electron chi connectivity index (χ1n) is 19.4. The van der Waals surface area contributed by atoms with Crippen molar-refractivity contribution in [2.24, 2.45) is 0 Å². The molecule has 0 aliphatic carbocycles. The molecule has 0 amide bonds. The second-order valence-corrected chi connectivity index (χ2v) is 15.7. The Balaban J connectivity index is 1.06. The zero-order chi connectivity index (χ0) is 40.5. The molecule has 1 unspecified atom stereocenters. The van der Waals surface area contributed by atoms with E-state index in [1.807, 2.05) is 116 Å². The van der Waals surface area contributed by atoms with Gasteiger partial charge in [0.15, 0.2) is 0 Å². The van der Waals surface area contributed by atoms with Gasteiger partial charge in [0.25, 0.3) is 0 Å². The summed E-state index contributed by atoms with van der Waals surface area (Å²) in [4.78, 5) is 13.1. The van der Waals surface area contributed by atoms with E-state index in [4.69, 9.17) is 23.1 Å². The lowest BCUT2D eigenvalue weighted by molar-refractivity contribution is -0.143. The summed E-state index contributed by atoms with van der Waals surface area (Å²) in [7, 11) is -4.10. The smallest absolute Gasteiger partial charge is 0.385 e. The highest BCUT2D eigenvalue weighted by molar-refractivity contribution is 7.84. The highest BCUT2D eigenvalue weighted by atomic mass is 32.2. The molecule has 1 atom stereocenters. The molecule has 0 fully saturated rings. The molecule has 0 bridgehead atoms. The summed E-state index contributed by atoms with van der Waals surface area (Å²) in [5.74, 6) is 0.164. The summed E-state index contributed by atoms with van der Waals surface area (Å²) in [6.07, 6.45) is 0.0846. The van der Waals surface area contributed by atoms with Gasteiger partial charge in [0.1, 0.15) is 23.6 Å². The predicted octanol–water partition coefficient (Wildman–Crippen LogP) is 7.59. The van der Waals surface area contributed by atoms with Gasteiger partial charge in [-0.3, -0.25) is 4.79 Å². The van der Waals surface area contributed by atoms with Crippen LogP contribution in [0, 0.1) is 13.8 Å². The second kappa shape index (κ2) is 18.8. The molecule has 12 nitrogen and oxygen atoms in total.